The second-order valence-electron chi connectivity index (χ2n) is 8.48. The van der Waals surface area contributed by atoms with Crippen molar-refractivity contribution in [3.8, 4) is 0 Å². The van der Waals surface area contributed by atoms with Gasteiger partial charge in [-0.1, -0.05) is 86.8 Å². The van der Waals surface area contributed by atoms with Crippen molar-refractivity contribution in [2.75, 3.05) is 6.61 Å². The summed E-state index contributed by atoms with van der Waals surface area (Å²) < 4.78 is 5.22. The number of ether oxygens (including phenoxy) is 1. The zero-order chi connectivity index (χ0) is 22.8. The molecule has 2 atom stereocenters. The van der Waals surface area contributed by atoms with Crippen LogP contribution in [-0.2, 0) is 27.2 Å². The number of Topliss-reactive ketones (excluding diaryl/α,β-unsaturated/α-hetero) is 1. The number of nitrogens with zero attached hydrogens (tertiary/aromatic N) is 1. The number of carbonyl (C=O) groups is 3. The van der Waals surface area contributed by atoms with Gasteiger partial charge in [0.2, 0.25) is 5.91 Å². The van der Waals surface area contributed by atoms with E-state index in [4.69, 9.17) is 4.74 Å². The highest BCUT2D eigenvalue weighted by Gasteiger charge is 2.42. The number of imide groups is 1. The van der Waals surface area contributed by atoms with E-state index in [1.165, 1.54) is 10.5 Å². The van der Waals surface area contributed by atoms with Crippen LogP contribution in [0.1, 0.15) is 56.6 Å². The quantitative estimate of drug-likeness (QED) is 0.332. The van der Waals surface area contributed by atoms with E-state index in [1.54, 1.807) is 0 Å². The van der Waals surface area contributed by atoms with Gasteiger partial charge in [0.25, 0.3) is 0 Å². The predicted molar refractivity (Wildman–Crippen MR) is 124 cm³/mol. The zero-order valence-corrected chi connectivity index (χ0v) is 18.9. The summed E-state index contributed by atoms with van der Waals surface area (Å²) in [4.78, 5) is 40.2. The summed E-state index contributed by atoms with van der Waals surface area (Å²) >= 11 is 0. The molecule has 1 aliphatic heterocycles. The van der Waals surface area contributed by atoms with E-state index < -0.39 is 17.9 Å². The molecule has 2 aromatic carbocycles. The molecule has 0 aliphatic carbocycles. The third kappa shape index (κ3) is 6.52. The minimum Gasteiger partial charge on any atom is -0.447 e. The Bertz CT molecular complexity index is 881. The Kier molecular flexibility index (Phi) is 9.02. The highest BCUT2D eigenvalue weighted by atomic mass is 16.6. The topological polar surface area (TPSA) is 63.7 Å². The highest BCUT2D eigenvalue weighted by molar-refractivity contribution is 6.06. The van der Waals surface area contributed by atoms with Crippen LogP contribution in [0.5, 0.6) is 0 Å². The lowest BCUT2D eigenvalue weighted by atomic mass is 9.91. The van der Waals surface area contributed by atoms with Crippen molar-refractivity contribution in [3.05, 3.63) is 71.8 Å². The predicted octanol–water partition coefficient (Wildman–Crippen LogP) is 5.37. The number of carbonyl (C=O) groups excluding carboxylic acids is 3. The molecule has 5 nitrogen and oxygen atoms in total. The molecule has 1 heterocycles. The third-order valence-corrected chi connectivity index (χ3v) is 6.03. The van der Waals surface area contributed by atoms with Crippen molar-refractivity contribution in [2.45, 2.75) is 64.3 Å². The summed E-state index contributed by atoms with van der Waals surface area (Å²) in [6, 6.07) is 19.4. The second-order valence-corrected chi connectivity index (χ2v) is 8.48. The van der Waals surface area contributed by atoms with Crippen molar-refractivity contribution < 1.29 is 19.1 Å². The molecule has 0 unspecified atom stereocenters. The van der Waals surface area contributed by atoms with Gasteiger partial charge >= 0.3 is 6.09 Å². The fraction of sp³-hybridized carbons (Fsp3) is 0.444. The highest BCUT2D eigenvalue weighted by Crippen LogP contribution is 2.24. The number of benzene rings is 2. The third-order valence-electron chi connectivity index (χ3n) is 6.03. The molecule has 170 valence electrons. The summed E-state index contributed by atoms with van der Waals surface area (Å²) in [5.74, 6) is -1.24. The molecule has 32 heavy (non-hydrogen) atoms. The first-order valence-electron chi connectivity index (χ1n) is 11.7. The maximum absolute atomic E-state index is 13.4. The van der Waals surface area contributed by atoms with Gasteiger partial charge in [0.1, 0.15) is 12.4 Å². The average Bonchev–Trinajstić information content (AvgIpc) is 3.17. The van der Waals surface area contributed by atoms with Gasteiger partial charge in [-0.2, -0.15) is 0 Å². The minimum atomic E-state index is -0.777. The van der Waals surface area contributed by atoms with Crippen LogP contribution in [0.25, 0.3) is 0 Å². The van der Waals surface area contributed by atoms with Crippen LogP contribution in [0.15, 0.2) is 60.7 Å². The van der Waals surface area contributed by atoms with Gasteiger partial charge < -0.3 is 4.74 Å². The molecule has 1 saturated heterocycles. The van der Waals surface area contributed by atoms with Crippen LogP contribution in [0.2, 0.25) is 0 Å². The second kappa shape index (κ2) is 12.2. The van der Waals surface area contributed by atoms with Gasteiger partial charge in [-0.3, -0.25) is 9.59 Å². The van der Waals surface area contributed by atoms with Crippen LogP contribution in [-0.4, -0.2) is 35.3 Å². The molecule has 3 rings (SSSR count). The van der Waals surface area contributed by atoms with Gasteiger partial charge in [0.05, 0.1) is 12.0 Å². The van der Waals surface area contributed by atoms with Gasteiger partial charge in [0.15, 0.2) is 0 Å². The summed E-state index contributed by atoms with van der Waals surface area (Å²) in [5, 5.41) is 0. The van der Waals surface area contributed by atoms with E-state index in [1.807, 2.05) is 60.7 Å². The molecule has 0 spiro atoms. The number of hydrogen-bond donors (Lipinski definition) is 0. The number of ketones is 1. The molecule has 2 aromatic rings. The summed E-state index contributed by atoms with van der Waals surface area (Å²) in [6.07, 6.45) is 4.97. The molecule has 1 fully saturated rings. The Hall–Kier alpha value is -2.95. The van der Waals surface area contributed by atoms with Gasteiger partial charge in [0, 0.05) is 6.42 Å². The lowest BCUT2D eigenvalue weighted by Gasteiger charge is -2.24. The normalized spacial score (nSPS) is 16.6. The monoisotopic (exact) mass is 435 g/mol. The Balaban J connectivity index is 1.67. The van der Waals surface area contributed by atoms with E-state index in [9.17, 15) is 14.4 Å². The number of amides is 2. The summed E-state index contributed by atoms with van der Waals surface area (Å²) in [7, 11) is 0. The fourth-order valence-corrected chi connectivity index (χ4v) is 4.24. The van der Waals surface area contributed by atoms with Crippen molar-refractivity contribution in [1.29, 1.82) is 0 Å². The Morgan fingerprint density at radius 3 is 2.28 bits per heavy atom. The Morgan fingerprint density at radius 2 is 1.62 bits per heavy atom. The van der Waals surface area contributed by atoms with Crippen molar-refractivity contribution in [2.24, 2.45) is 5.92 Å². The van der Waals surface area contributed by atoms with E-state index in [2.05, 4.69) is 6.92 Å². The van der Waals surface area contributed by atoms with Crippen LogP contribution >= 0.6 is 0 Å². The fourth-order valence-electron chi connectivity index (χ4n) is 4.24. The van der Waals surface area contributed by atoms with Gasteiger partial charge in [-0.05, 0) is 36.8 Å². The van der Waals surface area contributed by atoms with Crippen LogP contribution in [0.4, 0.5) is 4.79 Å². The molecule has 0 N–H and O–H groups in total. The van der Waals surface area contributed by atoms with Gasteiger partial charge in [-0.15, -0.1) is 0 Å². The zero-order valence-electron chi connectivity index (χ0n) is 18.9. The minimum absolute atomic E-state index is 0.0693. The number of aryl methyl sites for hydroxylation is 1. The SMILES string of the molecule is CCCCC[C@H](C(=O)CCCc1ccccc1)C(=O)N1C(=O)OC[C@@H]1Cc1ccccc1. The first kappa shape index (κ1) is 23.7. The van der Waals surface area contributed by atoms with Crippen LogP contribution in [0.3, 0.4) is 0 Å². The maximum Gasteiger partial charge on any atom is 0.417 e. The van der Waals surface area contributed by atoms with Crippen molar-refractivity contribution in [1.82, 2.24) is 4.90 Å². The van der Waals surface area contributed by atoms with E-state index in [0.29, 0.717) is 25.7 Å². The molecule has 0 aromatic heterocycles. The van der Waals surface area contributed by atoms with Crippen molar-refractivity contribution >= 4 is 17.8 Å². The first-order valence-corrected chi connectivity index (χ1v) is 11.7. The molecule has 0 bridgehead atoms. The van der Waals surface area contributed by atoms with Gasteiger partial charge in [-0.25, -0.2) is 9.69 Å². The summed E-state index contributed by atoms with van der Waals surface area (Å²) in [6.45, 7) is 2.26. The van der Waals surface area contributed by atoms with Crippen LogP contribution in [0, 0.1) is 5.92 Å². The molecule has 0 radical (unpaired) electrons. The lowest BCUT2D eigenvalue weighted by Crippen LogP contribution is -2.45. The first-order chi connectivity index (χ1) is 15.6. The number of hydrogen-bond acceptors (Lipinski definition) is 4. The smallest absolute Gasteiger partial charge is 0.417 e. The van der Waals surface area contributed by atoms with E-state index in [-0.39, 0.29) is 18.4 Å². The molecule has 2 amide bonds. The largest absolute Gasteiger partial charge is 0.447 e. The molecule has 5 heteroatoms. The number of unbranched alkanes of at least 4 members (excludes halogenated alkanes) is 2. The Morgan fingerprint density at radius 1 is 0.969 bits per heavy atom. The van der Waals surface area contributed by atoms with E-state index in [0.717, 1.165) is 31.2 Å². The standard InChI is InChI=1S/C27H33NO4/c1-2-3-6-17-24(25(29)18-11-16-21-12-7-4-8-13-21)26(30)28-23(20-32-27(28)31)19-22-14-9-5-10-15-22/h4-5,7-10,12-15,23-24H,2-3,6,11,16-20H2,1H3/t23-,24+/m0/s1. The average molecular weight is 436 g/mol. The Labute approximate surface area is 190 Å². The van der Waals surface area contributed by atoms with Crippen molar-refractivity contribution in [3.63, 3.8) is 0 Å². The molecular formula is C27H33NO4. The maximum atomic E-state index is 13.4. The van der Waals surface area contributed by atoms with Crippen LogP contribution < -0.4 is 0 Å². The molecule has 0 saturated carbocycles. The lowest BCUT2D eigenvalue weighted by molar-refractivity contribution is -0.140. The number of cyclic esters (lactones) is 1. The van der Waals surface area contributed by atoms with E-state index >= 15 is 0 Å². The summed E-state index contributed by atoms with van der Waals surface area (Å²) in [5.41, 5.74) is 2.21. The molecule has 1 aliphatic rings. The molecular weight excluding hydrogens is 402 g/mol. The number of rotatable bonds is 12.